The topological polar surface area (TPSA) is 198 Å². The zero-order valence-electron chi connectivity index (χ0n) is 27.2. The summed E-state index contributed by atoms with van der Waals surface area (Å²) in [5.74, 6) is -9.16. The number of hydrogen-bond acceptors (Lipinski definition) is 14. The van der Waals surface area contributed by atoms with Crippen molar-refractivity contribution in [2.45, 2.75) is 128 Å². The third kappa shape index (κ3) is 5.06. The number of carbonyl (C=O) groups excluding carboxylic acids is 6. The molecule has 0 amide bonds. The molecule has 12 atom stereocenters. The van der Waals surface area contributed by atoms with Gasteiger partial charge in [0.15, 0.2) is 29.5 Å². The molecule has 1 aliphatic heterocycles. The lowest BCUT2D eigenvalue weighted by atomic mass is 9.55. The maximum atomic E-state index is 13.2. The van der Waals surface area contributed by atoms with Crippen LogP contribution >= 0.6 is 11.6 Å². The third-order valence-electron chi connectivity index (χ3n) is 10.6. The van der Waals surface area contributed by atoms with Gasteiger partial charge in [-0.15, -0.1) is 11.6 Å². The van der Waals surface area contributed by atoms with Crippen molar-refractivity contribution < 1.29 is 67.4 Å². The summed E-state index contributed by atoms with van der Waals surface area (Å²) in [5.41, 5.74) is -10.5. The molecule has 15 heteroatoms. The van der Waals surface area contributed by atoms with Crippen molar-refractivity contribution >= 4 is 47.4 Å². The number of rotatable bonds is 8. The number of hydrogen-bond donors (Lipinski definition) is 2. The second kappa shape index (κ2) is 11.9. The van der Waals surface area contributed by atoms with E-state index in [0.717, 1.165) is 27.7 Å². The fourth-order valence-electron chi connectivity index (χ4n) is 9.26. The second-order valence-electron chi connectivity index (χ2n) is 13.5. The van der Waals surface area contributed by atoms with Gasteiger partial charge in [-0.25, -0.2) is 0 Å². The highest BCUT2D eigenvalue weighted by Crippen LogP contribution is 2.71. The van der Waals surface area contributed by atoms with Crippen molar-refractivity contribution in [3.63, 3.8) is 0 Å². The summed E-state index contributed by atoms with van der Waals surface area (Å²) in [7, 11) is 0. The van der Waals surface area contributed by atoms with Crippen molar-refractivity contribution in [1.82, 2.24) is 0 Å². The van der Waals surface area contributed by atoms with Gasteiger partial charge in [0.05, 0.1) is 23.3 Å². The van der Waals surface area contributed by atoms with Gasteiger partial charge in [-0.3, -0.25) is 28.8 Å². The summed E-state index contributed by atoms with van der Waals surface area (Å²) in [6.07, 6.45) is -7.16. The number of fused-ring (bicyclic) bond motifs is 2. The second-order valence-corrected chi connectivity index (χ2v) is 13.8. The van der Waals surface area contributed by atoms with Crippen LogP contribution < -0.4 is 0 Å². The van der Waals surface area contributed by atoms with Crippen LogP contribution in [0.2, 0.25) is 0 Å². The first kappa shape index (κ1) is 35.9. The Morgan fingerprint density at radius 2 is 1.46 bits per heavy atom. The molecule has 1 spiro atoms. The average Bonchev–Trinajstić information content (AvgIpc) is 3.33. The Hall–Kier alpha value is -2.97. The molecule has 4 aliphatic rings. The zero-order valence-corrected chi connectivity index (χ0v) is 28.0. The molecule has 3 saturated carbocycles. The van der Waals surface area contributed by atoms with Gasteiger partial charge in [-0.2, -0.15) is 0 Å². The standard InChI is InChI=1S/C31H43ClO14/c1-9-21(37)44-23-18-10-11-19-28(7,40)20-12-22(38)46-31(20,27(6,39)13-32)25(42-15(3)34)24(41-14(2)33)30(19,23)26(43-16(4)35)29(18,8)45-17(5)36/h18-20,23-26,39-40H,9-13H2,1-8H3/t18-,19+,20+,23-,24-,25-,26+,27+,28-,29+,30+,31+/m1/s1. The molecule has 0 radical (unpaired) electrons. The Bertz CT molecular complexity index is 1310. The van der Waals surface area contributed by atoms with E-state index >= 15 is 0 Å². The Morgan fingerprint density at radius 3 is 1.96 bits per heavy atom. The van der Waals surface area contributed by atoms with Crippen LogP contribution in [-0.4, -0.2) is 98.7 Å². The molecule has 4 rings (SSSR count). The number of carbonyl (C=O) groups is 6. The molecular weight excluding hydrogens is 632 g/mol. The first-order valence-electron chi connectivity index (χ1n) is 15.3. The maximum absolute atomic E-state index is 13.2. The van der Waals surface area contributed by atoms with Crippen LogP contribution in [0.15, 0.2) is 0 Å². The molecule has 258 valence electrons. The summed E-state index contributed by atoms with van der Waals surface area (Å²) in [6.45, 7) is 9.99. The highest BCUT2D eigenvalue weighted by atomic mass is 35.5. The van der Waals surface area contributed by atoms with Crippen LogP contribution in [0.4, 0.5) is 0 Å². The van der Waals surface area contributed by atoms with Crippen LogP contribution in [0, 0.1) is 23.2 Å². The normalized spacial score (nSPS) is 42.2. The predicted molar refractivity (Wildman–Crippen MR) is 155 cm³/mol. The minimum absolute atomic E-state index is 0.0702. The summed E-state index contributed by atoms with van der Waals surface area (Å²) in [4.78, 5) is 77.9. The van der Waals surface area contributed by atoms with E-state index in [1.54, 1.807) is 6.92 Å². The molecule has 0 aromatic heterocycles. The largest absolute Gasteiger partial charge is 0.461 e. The molecule has 1 saturated heterocycles. The van der Waals surface area contributed by atoms with Gasteiger partial charge in [-0.1, -0.05) is 6.92 Å². The minimum atomic E-state index is -2.36. The van der Waals surface area contributed by atoms with Crippen molar-refractivity contribution in [2.75, 3.05) is 5.88 Å². The molecule has 2 bridgehead atoms. The van der Waals surface area contributed by atoms with E-state index in [0.29, 0.717) is 0 Å². The monoisotopic (exact) mass is 674 g/mol. The van der Waals surface area contributed by atoms with Crippen molar-refractivity contribution in [3.8, 4) is 0 Å². The number of aliphatic hydroxyl groups is 2. The van der Waals surface area contributed by atoms with Gasteiger partial charge in [0.1, 0.15) is 11.7 Å². The van der Waals surface area contributed by atoms with E-state index in [2.05, 4.69) is 0 Å². The number of ether oxygens (including phenoxy) is 6. The predicted octanol–water partition coefficient (Wildman–Crippen LogP) is 1.51. The summed E-state index contributed by atoms with van der Waals surface area (Å²) in [5, 5.41) is 24.8. The molecule has 0 aromatic rings. The first-order chi connectivity index (χ1) is 21.2. The van der Waals surface area contributed by atoms with Crippen molar-refractivity contribution in [2.24, 2.45) is 23.2 Å². The van der Waals surface area contributed by atoms with E-state index in [9.17, 15) is 39.0 Å². The lowest BCUT2D eigenvalue weighted by molar-refractivity contribution is -0.264. The van der Waals surface area contributed by atoms with Crippen molar-refractivity contribution in [3.05, 3.63) is 0 Å². The Kier molecular flexibility index (Phi) is 9.30. The summed E-state index contributed by atoms with van der Waals surface area (Å²) >= 11 is 6.32. The summed E-state index contributed by atoms with van der Waals surface area (Å²) < 4.78 is 35.9. The fraction of sp³-hybridized carbons (Fsp3) is 0.806. The number of esters is 6. The van der Waals surface area contributed by atoms with Crippen molar-refractivity contribution in [1.29, 1.82) is 0 Å². The molecule has 2 N–H and O–H groups in total. The minimum Gasteiger partial charge on any atom is -0.461 e. The molecular formula is C31H43ClO14. The van der Waals surface area contributed by atoms with E-state index in [-0.39, 0.29) is 19.3 Å². The molecule has 0 aromatic carbocycles. The van der Waals surface area contributed by atoms with E-state index in [1.165, 1.54) is 20.8 Å². The molecule has 0 unspecified atom stereocenters. The SMILES string of the molecule is CCC(=O)O[C@@H]1[C@H]2CC[C@H]3[C@@](C)(O)[C@@H]4CC(=O)O[C@]4([C@@](C)(O)CCl)[C@H](OC(C)=O)[C@@H](OC(C)=O)[C@@]13[C@@H](OC(C)=O)[C@@]2(C)OC(C)=O. The maximum Gasteiger partial charge on any atom is 0.307 e. The van der Waals surface area contributed by atoms with Crippen LogP contribution in [0.5, 0.6) is 0 Å². The first-order valence-corrected chi connectivity index (χ1v) is 15.8. The molecule has 46 heavy (non-hydrogen) atoms. The van der Waals surface area contributed by atoms with Gasteiger partial charge in [0.2, 0.25) is 0 Å². The lowest BCUT2D eigenvalue weighted by Gasteiger charge is -2.54. The third-order valence-corrected chi connectivity index (χ3v) is 11.1. The van der Waals surface area contributed by atoms with Crippen LogP contribution in [0.1, 0.15) is 81.1 Å². The van der Waals surface area contributed by atoms with Crippen LogP contribution in [-0.2, 0) is 57.2 Å². The Morgan fingerprint density at radius 1 is 0.891 bits per heavy atom. The fourth-order valence-corrected chi connectivity index (χ4v) is 9.47. The van der Waals surface area contributed by atoms with Gasteiger partial charge < -0.3 is 38.6 Å². The highest BCUT2D eigenvalue weighted by Gasteiger charge is 2.87. The molecule has 14 nitrogen and oxygen atoms in total. The van der Waals surface area contributed by atoms with Crippen LogP contribution in [0.3, 0.4) is 0 Å². The quantitative estimate of drug-likeness (QED) is 0.213. The average molecular weight is 675 g/mol. The Balaban J connectivity index is 2.26. The highest BCUT2D eigenvalue weighted by molar-refractivity contribution is 6.18. The molecule has 4 fully saturated rings. The van der Waals surface area contributed by atoms with Gasteiger partial charge in [-0.05, 0) is 33.6 Å². The Labute approximate surface area is 271 Å². The van der Waals surface area contributed by atoms with Gasteiger partial charge in [0.25, 0.3) is 0 Å². The van der Waals surface area contributed by atoms with Gasteiger partial charge in [0, 0.05) is 51.9 Å². The zero-order chi connectivity index (χ0) is 34.8. The van der Waals surface area contributed by atoms with Gasteiger partial charge >= 0.3 is 35.8 Å². The van der Waals surface area contributed by atoms with E-state index < -0.39 is 118 Å². The van der Waals surface area contributed by atoms with E-state index in [4.69, 9.17) is 40.0 Å². The summed E-state index contributed by atoms with van der Waals surface area (Å²) in [6, 6.07) is 0. The number of alkyl halides is 1. The molecule has 3 aliphatic carbocycles. The number of halogens is 1. The molecule has 1 heterocycles. The van der Waals surface area contributed by atoms with Crippen LogP contribution in [0.25, 0.3) is 0 Å². The smallest absolute Gasteiger partial charge is 0.307 e. The van der Waals surface area contributed by atoms with E-state index in [1.807, 2.05) is 0 Å². The lowest BCUT2D eigenvalue weighted by Crippen LogP contribution is -2.71.